The van der Waals surface area contributed by atoms with Crippen LogP contribution in [0.25, 0.3) is 11.1 Å². The van der Waals surface area contributed by atoms with E-state index in [1.165, 1.54) is 0 Å². The van der Waals surface area contributed by atoms with Gasteiger partial charge >= 0.3 is 12.4 Å². The lowest BCUT2D eigenvalue weighted by Crippen LogP contribution is -2.10. The quantitative estimate of drug-likeness (QED) is 0.746. The van der Waals surface area contributed by atoms with Crippen LogP contribution in [0.15, 0.2) is 16.5 Å². The fraction of sp³-hybridized carbons (Fsp3) is 0.222. The summed E-state index contributed by atoms with van der Waals surface area (Å²) in [6.07, 6.45) is -9.91. The number of nitrogen functional groups attached to an aromatic ring is 1. The minimum absolute atomic E-state index is 0.0348. The van der Waals surface area contributed by atoms with Gasteiger partial charge in [0.15, 0.2) is 5.58 Å². The number of nitrogens with two attached hydrogens (primary N) is 1. The zero-order chi connectivity index (χ0) is 13.7. The standard InChI is InChI=1S/C9H4F6N2O/c10-8(11,12)3-1-4(9(13,14)15)6-5(2-3)17-7(16)18-6/h1-2H,(H2,16,17). The third kappa shape index (κ3) is 2.07. The number of oxazole rings is 1. The first kappa shape index (κ1) is 12.5. The zero-order valence-corrected chi connectivity index (χ0v) is 8.36. The Bertz CT molecular complexity index is 597. The fourth-order valence-corrected chi connectivity index (χ4v) is 1.42. The van der Waals surface area contributed by atoms with Crippen LogP contribution in [0.3, 0.4) is 0 Å². The molecule has 0 aliphatic rings. The Morgan fingerprint density at radius 1 is 1.00 bits per heavy atom. The van der Waals surface area contributed by atoms with Gasteiger partial charge in [-0.15, -0.1) is 0 Å². The second-order valence-corrected chi connectivity index (χ2v) is 3.42. The van der Waals surface area contributed by atoms with Crippen molar-refractivity contribution in [2.75, 3.05) is 5.73 Å². The van der Waals surface area contributed by atoms with Crippen LogP contribution in [-0.4, -0.2) is 4.98 Å². The second-order valence-electron chi connectivity index (χ2n) is 3.42. The number of hydrogen-bond donors (Lipinski definition) is 1. The van der Waals surface area contributed by atoms with E-state index in [0.29, 0.717) is 6.07 Å². The molecule has 1 aromatic heterocycles. The minimum atomic E-state index is -4.99. The molecule has 0 saturated heterocycles. The van der Waals surface area contributed by atoms with Crippen LogP contribution in [0, 0.1) is 0 Å². The maximum Gasteiger partial charge on any atom is 0.420 e. The summed E-state index contributed by atoms with van der Waals surface area (Å²) in [5.41, 5.74) is 0.614. The van der Waals surface area contributed by atoms with E-state index in [1.807, 2.05) is 0 Å². The van der Waals surface area contributed by atoms with Crippen molar-refractivity contribution in [2.45, 2.75) is 12.4 Å². The van der Waals surface area contributed by atoms with Crippen LogP contribution in [0.5, 0.6) is 0 Å². The molecule has 0 radical (unpaired) electrons. The van der Waals surface area contributed by atoms with Gasteiger partial charge in [0.2, 0.25) is 0 Å². The topological polar surface area (TPSA) is 52.0 Å². The van der Waals surface area contributed by atoms with Gasteiger partial charge in [-0.1, -0.05) is 0 Å². The predicted molar refractivity (Wildman–Crippen MR) is 48.4 cm³/mol. The van der Waals surface area contributed by atoms with Gasteiger partial charge in [-0.05, 0) is 12.1 Å². The SMILES string of the molecule is Nc1nc2cc(C(F)(F)F)cc(C(F)(F)F)c2o1. The smallest absolute Gasteiger partial charge is 0.420 e. The predicted octanol–water partition coefficient (Wildman–Crippen LogP) is 3.45. The number of anilines is 1. The van der Waals surface area contributed by atoms with Gasteiger partial charge in [0.1, 0.15) is 11.1 Å². The first-order chi connectivity index (χ1) is 8.09. The fourth-order valence-electron chi connectivity index (χ4n) is 1.42. The van der Waals surface area contributed by atoms with Gasteiger partial charge in [-0.3, -0.25) is 0 Å². The van der Waals surface area contributed by atoms with Crippen molar-refractivity contribution in [3.63, 3.8) is 0 Å². The molecule has 9 heteroatoms. The van der Waals surface area contributed by atoms with Crippen LogP contribution in [0.1, 0.15) is 11.1 Å². The normalized spacial score (nSPS) is 13.2. The molecule has 0 unspecified atom stereocenters. The highest BCUT2D eigenvalue weighted by atomic mass is 19.4. The molecule has 3 nitrogen and oxygen atoms in total. The molecular formula is C9H4F6N2O. The van der Waals surface area contributed by atoms with Gasteiger partial charge in [0.25, 0.3) is 6.01 Å². The number of aromatic nitrogens is 1. The molecule has 0 spiro atoms. The number of rotatable bonds is 0. The molecule has 0 saturated carbocycles. The van der Waals surface area contributed by atoms with E-state index in [1.54, 1.807) is 0 Å². The Labute approximate surface area is 95.2 Å². The number of fused-ring (bicyclic) bond motifs is 1. The summed E-state index contributed by atoms with van der Waals surface area (Å²) in [4.78, 5) is 3.27. The third-order valence-corrected chi connectivity index (χ3v) is 2.14. The minimum Gasteiger partial charge on any atom is -0.423 e. The number of halogens is 6. The van der Waals surface area contributed by atoms with E-state index in [2.05, 4.69) is 9.40 Å². The van der Waals surface area contributed by atoms with E-state index in [9.17, 15) is 26.3 Å². The molecule has 18 heavy (non-hydrogen) atoms. The van der Waals surface area contributed by atoms with Crippen molar-refractivity contribution < 1.29 is 30.8 Å². The van der Waals surface area contributed by atoms with Crippen molar-refractivity contribution in [1.82, 2.24) is 4.98 Å². The van der Waals surface area contributed by atoms with Gasteiger partial charge < -0.3 is 10.2 Å². The number of alkyl halides is 6. The van der Waals surface area contributed by atoms with E-state index in [0.717, 1.165) is 0 Å². The van der Waals surface area contributed by atoms with Crippen molar-refractivity contribution >= 4 is 17.1 Å². The summed E-state index contributed by atoms with van der Waals surface area (Å²) in [6, 6.07) is -0.216. The van der Waals surface area contributed by atoms with Gasteiger partial charge in [-0.25, -0.2) is 0 Å². The molecule has 0 atom stereocenters. The molecule has 0 amide bonds. The van der Waals surface area contributed by atoms with E-state index < -0.39 is 40.6 Å². The van der Waals surface area contributed by atoms with Gasteiger partial charge in [-0.2, -0.15) is 31.3 Å². The average Bonchev–Trinajstić information content (AvgIpc) is 2.52. The first-order valence-electron chi connectivity index (χ1n) is 4.43. The molecule has 0 fully saturated rings. The Kier molecular flexibility index (Phi) is 2.46. The highest BCUT2D eigenvalue weighted by Crippen LogP contribution is 2.40. The molecule has 1 aromatic carbocycles. The first-order valence-corrected chi connectivity index (χ1v) is 4.43. The Hall–Kier alpha value is -1.93. The van der Waals surface area contributed by atoms with Crippen molar-refractivity contribution in [3.05, 3.63) is 23.3 Å². The summed E-state index contributed by atoms with van der Waals surface area (Å²) in [6.45, 7) is 0. The lowest BCUT2D eigenvalue weighted by molar-refractivity contribution is -0.142. The summed E-state index contributed by atoms with van der Waals surface area (Å²) < 4.78 is 79.6. The van der Waals surface area contributed by atoms with Crippen molar-refractivity contribution in [3.8, 4) is 0 Å². The number of hydrogen-bond acceptors (Lipinski definition) is 3. The van der Waals surface area contributed by atoms with Gasteiger partial charge in [0, 0.05) is 0 Å². The lowest BCUT2D eigenvalue weighted by Gasteiger charge is -2.11. The zero-order valence-electron chi connectivity index (χ0n) is 8.36. The highest BCUT2D eigenvalue weighted by Gasteiger charge is 2.39. The maximum atomic E-state index is 12.6. The van der Waals surface area contributed by atoms with Crippen LogP contribution in [-0.2, 0) is 12.4 Å². The van der Waals surface area contributed by atoms with Crippen molar-refractivity contribution in [1.29, 1.82) is 0 Å². The monoisotopic (exact) mass is 270 g/mol. The van der Waals surface area contributed by atoms with E-state index in [4.69, 9.17) is 5.73 Å². The molecule has 98 valence electrons. The highest BCUT2D eigenvalue weighted by molar-refractivity contribution is 5.79. The molecule has 0 bridgehead atoms. The van der Waals surface area contributed by atoms with Gasteiger partial charge in [0.05, 0.1) is 5.56 Å². The molecule has 0 aliphatic heterocycles. The lowest BCUT2D eigenvalue weighted by atomic mass is 10.1. The van der Waals surface area contributed by atoms with Crippen LogP contribution in [0.4, 0.5) is 32.4 Å². The van der Waals surface area contributed by atoms with Crippen LogP contribution in [0.2, 0.25) is 0 Å². The summed E-state index contributed by atoms with van der Waals surface area (Å²) in [5.74, 6) is 0. The van der Waals surface area contributed by atoms with Crippen LogP contribution < -0.4 is 5.73 Å². The van der Waals surface area contributed by atoms with Crippen LogP contribution >= 0.6 is 0 Å². The van der Waals surface area contributed by atoms with Crippen molar-refractivity contribution in [2.24, 2.45) is 0 Å². The maximum absolute atomic E-state index is 12.6. The molecule has 2 N–H and O–H groups in total. The molecule has 1 heterocycles. The third-order valence-electron chi connectivity index (χ3n) is 2.14. The largest absolute Gasteiger partial charge is 0.423 e. The van der Waals surface area contributed by atoms with E-state index >= 15 is 0 Å². The Morgan fingerprint density at radius 2 is 1.61 bits per heavy atom. The molecular weight excluding hydrogens is 266 g/mol. The molecule has 0 aliphatic carbocycles. The van der Waals surface area contributed by atoms with E-state index in [-0.39, 0.29) is 6.07 Å². The Balaban J connectivity index is 2.81. The average molecular weight is 270 g/mol. The molecule has 2 aromatic rings. The summed E-state index contributed by atoms with van der Waals surface area (Å²) in [7, 11) is 0. The Morgan fingerprint density at radius 3 is 2.11 bits per heavy atom. The second kappa shape index (κ2) is 3.53. The number of benzene rings is 1. The summed E-state index contributed by atoms with van der Waals surface area (Å²) >= 11 is 0. The number of nitrogens with zero attached hydrogens (tertiary/aromatic N) is 1. The summed E-state index contributed by atoms with van der Waals surface area (Å²) in [5, 5.41) is 0. The molecule has 2 rings (SSSR count).